The van der Waals surface area contributed by atoms with Gasteiger partial charge in [-0.1, -0.05) is 23.4 Å². The highest BCUT2D eigenvalue weighted by Crippen LogP contribution is 2.21. The van der Waals surface area contributed by atoms with Crippen molar-refractivity contribution >= 4 is 28.6 Å². The van der Waals surface area contributed by atoms with Gasteiger partial charge in [-0.25, -0.2) is 14.6 Å². The van der Waals surface area contributed by atoms with Gasteiger partial charge in [-0.05, 0) is 19.1 Å². The van der Waals surface area contributed by atoms with Gasteiger partial charge >= 0.3 is 0 Å². The molecular weight excluding hydrogens is 344 g/mol. The lowest BCUT2D eigenvalue weighted by atomic mass is 10.3. The van der Waals surface area contributed by atoms with Crippen LogP contribution in [0.25, 0.3) is 11.2 Å². The van der Waals surface area contributed by atoms with Gasteiger partial charge in [0.25, 0.3) is 0 Å². The standard InChI is InChI=1S/C18H22N8O/c1-2-26-18-16(22-23-26)17(19-13-20-18)25-10-8-24(9-11-25)12-15(27)21-14-6-4-3-5-7-14/h3-7,13H,2,8-12H2,1H3,(H,21,27). The number of fused-ring (bicyclic) bond motifs is 1. The first-order chi connectivity index (χ1) is 13.2. The van der Waals surface area contributed by atoms with Crippen LogP contribution in [0.4, 0.5) is 11.5 Å². The van der Waals surface area contributed by atoms with E-state index in [-0.39, 0.29) is 5.91 Å². The number of aryl methyl sites for hydroxylation is 1. The minimum absolute atomic E-state index is 0.00460. The maximum atomic E-state index is 12.2. The molecule has 0 bridgehead atoms. The highest BCUT2D eigenvalue weighted by molar-refractivity contribution is 5.92. The van der Waals surface area contributed by atoms with Crippen molar-refractivity contribution in [2.24, 2.45) is 0 Å². The molecule has 0 aliphatic carbocycles. The molecule has 2 aromatic heterocycles. The molecule has 1 N–H and O–H groups in total. The zero-order valence-corrected chi connectivity index (χ0v) is 15.2. The van der Waals surface area contributed by atoms with Crippen LogP contribution in [0.5, 0.6) is 0 Å². The third-order valence-electron chi connectivity index (χ3n) is 4.68. The van der Waals surface area contributed by atoms with E-state index in [9.17, 15) is 4.79 Å². The number of carbonyl (C=O) groups is 1. The summed E-state index contributed by atoms with van der Waals surface area (Å²) in [5.41, 5.74) is 2.31. The number of carbonyl (C=O) groups excluding carboxylic acids is 1. The van der Waals surface area contributed by atoms with Gasteiger partial charge in [0.1, 0.15) is 6.33 Å². The molecule has 0 spiro atoms. The van der Waals surface area contributed by atoms with E-state index in [1.807, 2.05) is 37.3 Å². The second-order valence-electron chi connectivity index (χ2n) is 6.45. The van der Waals surface area contributed by atoms with Crippen LogP contribution in [0.2, 0.25) is 0 Å². The molecule has 1 fully saturated rings. The van der Waals surface area contributed by atoms with Gasteiger partial charge in [0, 0.05) is 38.4 Å². The first-order valence-electron chi connectivity index (χ1n) is 9.11. The summed E-state index contributed by atoms with van der Waals surface area (Å²) >= 11 is 0. The average molecular weight is 366 g/mol. The lowest BCUT2D eigenvalue weighted by molar-refractivity contribution is -0.117. The maximum Gasteiger partial charge on any atom is 0.238 e. The third kappa shape index (κ3) is 3.72. The SMILES string of the molecule is CCn1nnc2c(N3CCN(CC(=O)Nc4ccccc4)CC3)ncnc21. The summed E-state index contributed by atoms with van der Waals surface area (Å²) in [5.74, 6) is 0.818. The van der Waals surface area contributed by atoms with Crippen molar-refractivity contribution in [1.82, 2.24) is 29.9 Å². The van der Waals surface area contributed by atoms with E-state index in [4.69, 9.17) is 0 Å². The smallest absolute Gasteiger partial charge is 0.238 e. The predicted octanol–water partition coefficient (Wildman–Crippen LogP) is 1.00. The zero-order chi connectivity index (χ0) is 18.6. The molecule has 3 heterocycles. The van der Waals surface area contributed by atoms with E-state index in [1.54, 1.807) is 11.0 Å². The molecule has 1 aromatic carbocycles. The molecule has 0 atom stereocenters. The van der Waals surface area contributed by atoms with Gasteiger partial charge < -0.3 is 10.2 Å². The maximum absolute atomic E-state index is 12.2. The first-order valence-corrected chi connectivity index (χ1v) is 9.11. The average Bonchev–Trinajstić information content (AvgIpc) is 3.12. The van der Waals surface area contributed by atoms with E-state index in [0.717, 1.165) is 55.4 Å². The molecule has 27 heavy (non-hydrogen) atoms. The van der Waals surface area contributed by atoms with Crippen molar-refractivity contribution in [1.29, 1.82) is 0 Å². The topological polar surface area (TPSA) is 92.1 Å². The molecular formula is C18H22N8O. The van der Waals surface area contributed by atoms with Gasteiger partial charge in [0.15, 0.2) is 17.0 Å². The highest BCUT2D eigenvalue weighted by atomic mass is 16.2. The summed E-state index contributed by atoms with van der Waals surface area (Å²) in [6.07, 6.45) is 1.56. The van der Waals surface area contributed by atoms with Gasteiger partial charge in [-0.3, -0.25) is 9.69 Å². The summed E-state index contributed by atoms with van der Waals surface area (Å²) < 4.78 is 1.77. The van der Waals surface area contributed by atoms with Crippen LogP contribution in [0.3, 0.4) is 0 Å². The molecule has 1 amide bonds. The number of anilines is 2. The molecule has 4 rings (SSSR count). The van der Waals surface area contributed by atoms with Crippen LogP contribution in [0.1, 0.15) is 6.92 Å². The molecule has 1 saturated heterocycles. The summed E-state index contributed by atoms with van der Waals surface area (Å²) in [7, 11) is 0. The van der Waals surface area contributed by atoms with Crippen LogP contribution < -0.4 is 10.2 Å². The number of hydrogen-bond donors (Lipinski definition) is 1. The molecule has 3 aromatic rings. The number of amides is 1. The number of rotatable bonds is 5. The Morgan fingerprint density at radius 2 is 1.89 bits per heavy atom. The van der Waals surface area contributed by atoms with Crippen LogP contribution >= 0.6 is 0 Å². The van der Waals surface area contributed by atoms with Crippen molar-refractivity contribution in [2.45, 2.75) is 13.5 Å². The van der Waals surface area contributed by atoms with E-state index in [1.165, 1.54) is 0 Å². The van der Waals surface area contributed by atoms with E-state index >= 15 is 0 Å². The fraction of sp³-hybridized carbons (Fsp3) is 0.389. The van der Waals surface area contributed by atoms with E-state index in [2.05, 4.69) is 35.4 Å². The van der Waals surface area contributed by atoms with Gasteiger partial charge in [0.2, 0.25) is 5.91 Å². The number of para-hydroxylation sites is 1. The Morgan fingerprint density at radius 1 is 1.11 bits per heavy atom. The number of benzene rings is 1. The summed E-state index contributed by atoms with van der Waals surface area (Å²) in [6, 6.07) is 9.52. The lowest BCUT2D eigenvalue weighted by Crippen LogP contribution is -2.49. The summed E-state index contributed by atoms with van der Waals surface area (Å²) in [5, 5.41) is 11.3. The van der Waals surface area contributed by atoms with Crippen molar-refractivity contribution in [3.05, 3.63) is 36.7 Å². The largest absolute Gasteiger partial charge is 0.352 e. The first kappa shape index (κ1) is 17.3. The second-order valence-corrected chi connectivity index (χ2v) is 6.45. The summed E-state index contributed by atoms with van der Waals surface area (Å²) in [4.78, 5) is 25.3. The Balaban J connectivity index is 1.37. The minimum Gasteiger partial charge on any atom is -0.352 e. The fourth-order valence-electron chi connectivity index (χ4n) is 3.27. The predicted molar refractivity (Wildman–Crippen MR) is 103 cm³/mol. The molecule has 1 aliphatic rings. The molecule has 0 radical (unpaired) electrons. The Morgan fingerprint density at radius 3 is 2.63 bits per heavy atom. The third-order valence-corrected chi connectivity index (χ3v) is 4.68. The van der Waals surface area contributed by atoms with E-state index < -0.39 is 0 Å². The van der Waals surface area contributed by atoms with Crippen molar-refractivity contribution < 1.29 is 4.79 Å². The van der Waals surface area contributed by atoms with Crippen LogP contribution in [-0.2, 0) is 11.3 Å². The molecule has 9 heteroatoms. The van der Waals surface area contributed by atoms with Crippen LogP contribution in [-0.4, -0.2) is 68.5 Å². The fourth-order valence-corrected chi connectivity index (χ4v) is 3.27. The monoisotopic (exact) mass is 366 g/mol. The van der Waals surface area contributed by atoms with Crippen molar-refractivity contribution in [3.63, 3.8) is 0 Å². The quantitative estimate of drug-likeness (QED) is 0.720. The number of aromatic nitrogens is 5. The van der Waals surface area contributed by atoms with Gasteiger partial charge in [-0.15, -0.1) is 5.10 Å². The Bertz CT molecular complexity index is 918. The number of nitrogens with one attached hydrogen (secondary N) is 1. The lowest BCUT2D eigenvalue weighted by Gasteiger charge is -2.34. The number of nitrogens with zero attached hydrogens (tertiary/aromatic N) is 7. The van der Waals surface area contributed by atoms with E-state index in [0.29, 0.717) is 6.54 Å². The molecule has 9 nitrogen and oxygen atoms in total. The van der Waals surface area contributed by atoms with Crippen LogP contribution in [0, 0.1) is 0 Å². The minimum atomic E-state index is 0.00460. The number of hydrogen-bond acceptors (Lipinski definition) is 7. The molecule has 140 valence electrons. The Kier molecular flexibility index (Phi) is 4.93. The van der Waals surface area contributed by atoms with Crippen molar-refractivity contribution in [3.8, 4) is 0 Å². The second kappa shape index (κ2) is 7.67. The normalized spacial score (nSPS) is 15.2. The molecule has 0 saturated carbocycles. The van der Waals surface area contributed by atoms with Gasteiger partial charge in [-0.2, -0.15) is 0 Å². The molecule has 0 unspecified atom stereocenters. The molecule has 1 aliphatic heterocycles. The Hall–Kier alpha value is -3.07. The highest BCUT2D eigenvalue weighted by Gasteiger charge is 2.23. The summed E-state index contributed by atoms with van der Waals surface area (Å²) in [6.45, 7) is 6.25. The number of piperazine rings is 1. The van der Waals surface area contributed by atoms with Crippen LogP contribution in [0.15, 0.2) is 36.7 Å². The Labute approximate surface area is 157 Å². The zero-order valence-electron chi connectivity index (χ0n) is 15.2. The van der Waals surface area contributed by atoms with Gasteiger partial charge in [0.05, 0.1) is 6.54 Å². The van der Waals surface area contributed by atoms with Crippen molar-refractivity contribution in [2.75, 3.05) is 42.9 Å².